The average molecular weight is 280 g/mol. The van der Waals surface area contributed by atoms with Gasteiger partial charge in [0.15, 0.2) is 12.6 Å². The van der Waals surface area contributed by atoms with Crippen molar-refractivity contribution in [2.75, 3.05) is 27.6 Å². The van der Waals surface area contributed by atoms with E-state index in [0.717, 1.165) is 12.0 Å². The fourth-order valence-corrected chi connectivity index (χ4v) is 2.36. The Labute approximate surface area is 118 Å². The maximum Gasteiger partial charge on any atom is 0.188 e. The molecule has 0 amide bonds. The number of ether oxygens (including phenoxy) is 4. The largest absolute Gasteiger partial charge is 0.495 e. The predicted octanol–water partition coefficient (Wildman–Crippen LogP) is 2.59. The molecule has 2 rings (SSSR count). The van der Waals surface area contributed by atoms with Crippen LogP contribution in [0.3, 0.4) is 0 Å². The summed E-state index contributed by atoms with van der Waals surface area (Å²) in [4.78, 5) is 12.5. The van der Waals surface area contributed by atoms with Crippen molar-refractivity contribution < 1.29 is 23.7 Å². The van der Waals surface area contributed by atoms with Crippen molar-refractivity contribution in [2.24, 2.45) is 5.92 Å². The third-order valence-corrected chi connectivity index (χ3v) is 3.53. The van der Waals surface area contributed by atoms with Crippen LogP contribution < -0.4 is 14.2 Å². The number of benzene rings is 1. The number of Topliss-reactive ketones (excluding diaryl/α,β-unsaturated/α-hetero) is 1. The second kappa shape index (κ2) is 6.13. The summed E-state index contributed by atoms with van der Waals surface area (Å²) in [6.07, 6.45) is 0.752. The van der Waals surface area contributed by atoms with Crippen molar-refractivity contribution in [3.05, 3.63) is 17.2 Å². The zero-order valence-corrected chi connectivity index (χ0v) is 12.3. The second-order valence-electron chi connectivity index (χ2n) is 4.74. The van der Waals surface area contributed by atoms with Crippen LogP contribution in [0.25, 0.3) is 0 Å². The van der Waals surface area contributed by atoms with Crippen LogP contribution in [-0.2, 0) is 4.74 Å². The van der Waals surface area contributed by atoms with Crippen molar-refractivity contribution in [1.29, 1.82) is 0 Å². The Balaban J connectivity index is 2.49. The van der Waals surface area contributed by atoms with Crippen molar-refractivity contribution in [3.8, 4) is 17.2 Å². The zero-order valence-electron chi connectivity index (χ0n) is 12.3. The summed E-state index contributed by atoms with van der Waals surface area (Å²) < 4.78 is 21.5. The molecule has 5 heteroatoms. The van der Waals surface area contributed by atoms with Crippen molar-refractivity contribution in [3.63, 3.8) is 0 Å². The minimum absolute atomic E-state index is 0.0759. The minimum Gasteiger partial charge on any atom is -0.495 e. The highest BCUT2D eigenvalue weighted by molar-refractivity contribution is 6.04. The van der Waals surface area contributed by atoms with Gasteiger partial charge in [-0.2, -0.15) is 0 Å². The van der Waals surface area contributed by atoms with Crippen LogP contribution in [0.4, 0.5) is 0 Å². The Bertz CT molecular complexity index is 509. The van der Waals surface area contributed by atoms with E-state index < -0.39 is 0 Å². The first-order chi connectivity index (χ1) is 9.63. The van der Waals surface area contributed by atoms with E-state index in [4.69, 9.17) is 18.9 Å². The molecule has 1 aromatic carbocycles. The number of hydrogen-bond acceptors (Lipinski definition) is 5. The lowest BCUT2D eigenvalue weighted by Crippen LogP contribution is -2.28. The Morgan fingerprint density at radius 3 is 2.75 bits per heavy atom. The minimum atomic E-state index is -0.110. The summed E-state index contributed by atoms with van der Waals surface area (Å²) in [6, 6.07) is 1.73. The highest BCUT2D eigenvalue weighted by Gasteiger charge is 2.32. The molecule has 0 fully saturated rings. The summed E-state index contributed by atoms with van der Waals surface area (Å²) >= 11 is 0. The van der Waals surface area contributed by atoms with E-state index in [-0.39, 0.29) is 18.5 Å². The standard InChI is InChI=1S/C15H20O5/c1-5-10-7-19-12-6-11(20-8-17-3)9(2)15(18-4)13(12)14(10)16/h6,10H,5,7-8H2,1-4H3. The summed E-state index contributed by atoms with van der Waals surface area (Å²) in [5, 5.41) is 0. The van der Waals surface area contributed by atoms with Gasteiger partial charge in [0.1, 0.15) is 22.8 Å². The molecule has 0 radical (unpaired) electrons. The van der Waals surface area contributed by atoms with Gasteiger partial charge in [-0.3, -0.25) is 4.79 Å². The van der Waals surface area contributed by atoms with E-state index in [2.05, 4.69) is 0 Å². The molecule has 0 N–H and O–H groups in total. The SMILES string of the molecule is CCC1COc2cc(OCOC)c(C)c(OC)c2C1=O. The van der Waals surface area contributed by atoms with Gasteiger partial charge in [-0.05, 0) is 13.3 Å². The molecular weight excluding hydrogens is 260 g/mol. The Morgan fingerprint density at radius 1 is 1.40 bits per heavy atom. The molecule has 0 bridgehead atoms. The number of carbonyl (C=O) groups is 1. The Hall–Kier alpha value is -1.75. The molecule has 0 saturated carbocycles. The van der Waals surface area contributed by atoms with Gasteiger partial charge < -0.3 is 18.9 Å². The van der Waals surface area contributed by atoms with Gasteiger partial charge in [-0.1, -0.05) is 6.92 Å². The second-order valence-corrected chi connectivity index (χ2v) is 4.74. The number of ketones is 1. The van der Waals surface area contributed by atoms with Crippen molar-refractivity contribution >= 4 is 5.78 Å². The smallest absolute Gasteiger partial charge is 0.188 e. The van der Waals surface area contributed by atoms with Gasteiger partial charge in [0.2, 0.25) is 0 Å². The molecule has 20 heavy (non-hydrogen) atoms. The van der Waals surface area contributed by atoms with Crippen LogP contribution in [0.5, 0.6) is 17.2 Å². The van der Waals surface area contributed by atoms with E-state index in [1.54, 1.807) is 20.3 Å². The van der Waals surface area contributed by atoms with Gasteiger partial charge >= 0.3 is 0 Å². The van der Waals surface area contributed by atoms with Gasteiger partial charge in [0.25, 0.3) is 0 Å². The topological polar surface area (TPSA) is 54.0 Å². The Kier molecular flexibility index (Phi) is 4.49. The quantitative estimate of drug-likeness (QED) is 0.776. The third kappa shape index (κ3) is 2.45. The molecule has 0 saturated heterocycles. The predicted molar refractivity (Wildman–Crippen MR) is 73.8 cm³/mol. The normalized spacial score (nSPS) is 17.4. The van der Waals surface area contributed by atoms with Gasteiger partial charge in [-0.15, -0.1) is 0 Å². The monoisotopic (exact) mass is 280 g/mol. The maximum atomic E-state index is 12.5. The van der Waals surface area contributed by atoms with E-state index in [0.29, 0.717) is 29.4 Å². The van der Waals surface area contributed by atoms with Crippen LogP contribution in [0, 0.1) is 12.8 Å². The molecular formula is C15H20O5. The van der Waals surface area contributed by atoms with E-state index in [1.807, 2.05) is 13.8 Å². The van der Waals surface area contributed by atoms with Gasteiger partial charge in [0.05, 0.1) is 19.6 Å². The fourth-order valence-electron chi connectivity index (χ4n) is 2.36. The molecule has 1 unspecified atom stereocenters. The zero-order chi connectivity index (χ0) is 14.7. The van der Waals surface area contributed by atoms with Crippen molar-refractivity contribution in [1.82, 2.24) is 0 Å². The van der Waals surface area contributed by atoms with Crippen LogP contribution in [0.2, 0.25) is 0 Å². The summed E-state index contributed by atoms with van der Waals surface area (Å²) in [7, 11) is 3.10. The van der Waals surface area contributed by atoms with Gasteiger partial charge in [-0.25, -0.2) is 0 Å². The number of fused-ring (bicyclic) bond motifs is 1. The van der Waals surface area contributed by atoms with Crippen molar-refractivity contribution in [2.45, 2.75) is 20.3 Å². The first-order valence-corrected chi connectivity index (χ1v) is 6.64. The first kappa shape index (κ1) is 14.7. The first-order valence-electron chi connectivity index (χ1n) is 6.64. The molecule has 1 aliphatic rings. The highest BCUT2D eigenvalue weighted by Crippen LogP contribution is 2.42. The number of hydrogen-bond donors (Lipinski definition) is 0. The fraction of sp³-hybridized carbons (Fsp3) is 0.533. The lowest BCUT2D eigenvalue weighted by atomic mass is 9.91. The average Bonchev–Trinajstić information content (AvgIpc) is 2.46. The summed E-state index contributed by atoms with van der Waals surface area (Å²) in [5.74, 6) is 1.61. The lowest BCUT2D eigenvalue weighted by Gasteiger charge is -2.26. The molecule has 1 atom stereocenters. The molecule has 110 valence electrons. The molecule has 1 aliphatic heterocycles. The number of methoxy groups -OCH3 is 2. The van der Waals surface area contributed by atoms with E-state index in [9.17, 15) is 4.79 Å². The third-order valence-electron chi connectivity index (χ3n) is 3.53. The van der Waals surface area contributed by atoms with Gasteiger partial charge in [0, 0.05) is 18.7 Å². The van der Waals surface area contributed by atoms with Crippen LogP contribution in [0.1, 0.15) is 29.3 Å². The lowest BCUT2D eigenvalue weighted by molar-refractivity contribution is 0.0500. The van der Waals surface area contributed by atoms with E-state index >= 15 is 0 Å². The van der Waals surface area contributed by atoms with Crippen LogP contribution in [0.15, 0.2) is 6.07 Å². The maximum absolute atomic E-state index is 12.5. The molecule has 0 spiro atoms. The summed E-state index contributed by atoms with van der Waals surface area (Å²) in [5.41, 5.74) is 1.30. The van der Waals surface area contributed by atoms with Crippen LogP contribution in [-0.4, -0.2) is 33.4 Å². The Morgan fingerprint density at radius 2 is 2.15 bits per heavy atom. The molecule has 1 heterocycles. The molecule has 1 aromatic rings. The molecule has 0 aromatic heterocycles. The molecule has 5 nitrogen and oxygen atoms in total. The highest BCUT2D eigenvalue weighted by atomic mass is 16.7. The summed E-state index contributed by atoms with van der Waals surface area (Å²) in [6.45, 7) is 4.37. The molecule has 0 aliphatic carbocycles. The van der Waals surface area contributed by atoms with Crippen LogP contribution >= 0.6 is 0 Å². The van der Waals surface area contributed by atoms with E-state index in [1.165, 1.54) is 0 Å². The number of rotatable bonds is 5. The number of carbonyl (C=O) groups excluding carboxylic acids is 1.